The monoisotopic (exact) mass is 607 g/mol. The van der Waals surface area contributed by atoms with E-state index in [2.05, 4.69) is 5.32 Å². The van der Waals surface area contributed by atoms with Gasteiger partial charge in [0.2, 0.25) is 21.8 Å². The van der Waals surface area contributed by atoms with Crippen molar-refractivity contribution in [3.8, 4) is 0 Å². The lowest BCUT2D eigenvalue weighted by Gasteiger charge is -2.33. The Kier molecular flexibility index (Phi) is 10.2. The van der Waals surface area contributed by atoms with E-state index in [1.165, 1.54) is 23.1 Å². The number of carbonyl (C=O) groups excluding carboxylic acids is 2. The Morgan fingerprint density at radius 3 is 2.31 bits per heavy atom. The first-order chi connectivity index (χ1) is 18.2. The molecular formula is C26H30Cl2F3N3O4S. The maximum Gasteiger partial charge on any atom is 0.416 e. The van der Waals surface area contributed by atoms with Crippen LogP contribution < -0.4 is 9.62 Å². The summed E-state index contributed by atoms with van der Waals surface area (Å²) in [7, 11) is -4.19. The van der Waals surface area contributed by atoms with E-state index in [-0.39, 0.29) is 40.6 Å². The fourth-order valence-corrected chi connectivity index (χ4v) is 5.73. The molecule has 0 heterocycles. The third-order valence-corrected chi connectivity index (χ3v) is 8.44. The van der Waals surface area contributed by atoms with Gasteiger partial charge in [-0.3, -0.25) is 13.9 Å². The van der Waals surface area contributed by atoms with Crippen LogP contribution in [0.3, 0.4) is 0 Å². The average molecular weight is 609 g/mol. The molecule has 0 saturated heterocycles. The molecule has 1 aliphatic carbocycles. The molecule has 0 aromatic heterocycles. The fourth-order valence-electron chi connectivity index (χ4n) is 4.57. The van der Waals surface area contributed by atoms with Crippen molar-refractivity contribution >= 4 is 50.7 Å². The standard InChI is InChI=1S/C26H30Cl2F3N3O4S/c1-3-23(25(36)32-19-8-4-5-9-19)33(15-17-11-12-21(27)22(28)13-17)24(35)16-34(39(2,37)38)20-10-6-7-18(14-20)26(29,30)31/h6-7,10-14,19,23H,3-5,8-9,15-16H2,1-2H3,(H,32,36)/t23-/m1/s1. The van der Waals surface area contributed by atoms with Crippen molar-refractivity contribution in [2.24, 2.45) is 0 Å². The minimum atomic E-state index is -4.71. The number of carbonyl (C=O) groups is 2. The van der Waals surface area contributed by atoms with E-state index in [0.29, 0.717) is 15.9 Å². The summed E-state index contributed by atoms with van der Waals surface area (Å²) in [6, 6.07) is 7.43. The summed E-state index contributed by atoms with van der Waals surface area (Å²) >= 11 is 12.2. The van der Waals surface area contributed by atoms with Gasteiger partial charge in [-0.15, -0.1) is 0 Å². The third kappa shape index (κ3) is 8.25. The van der Waals surface area contributed by atoms with Crippen molar-refractivity contribution in [1.82, 2.24) is 10.2 Å². The second-order valence-electron chi connectivity index (χ2n) is 9.50. The lowest BCUT2D eigenvalue weighted by molar-refractivity contribution is -0.140. The maximum atomic E-state index is 13.7. The Hall–Kier alpha value is -2.50. The molecule has 3 rings (SSSR count). The first-order valence-corrected chi connectivity index (χ1v) is 15.0. The number of sulfonamides is 1. The van der Waals surface area contributed by atoms with Crippen LogP contribution in [0.25, 0.3) is 0 Å². The van der Waals surface area contributed by atoms with Gasteiger partial charge in [0.25, 0.3) is 0 Å². The van der Waals surface area contributed by atoms with Crippen molar-refractivity contribution in [1.29, 1.82) is 0 Å². The Morgan fingerprint density at radius 1 is 1.08 bits per heavy atom. The molecule has 13 heteroatoms. The molecule has 1 saturated carbocycles. The number of nitrogens with one attached hydrogen (secondary N) is 1. The smallest absolute Gasteiger partial charge is 0.352 e. The Labute approximate surface area is 236 Å². The Balaban J connectivity index is 1.97. The number of hydrogen-bond donors (Lipinski definition) is 1. The van der Waals surface area contributed by atoms with Crippen LogP contribution in [0.15, 0.2) is 42.5 Å². The highest BCUT2D eigenvalue weighted by Gasteiger charge is 2.35. The molecule has 0 bridgehead atoms. The molecule has 1 fully saturated rings. The number of benzene rings is 2. The summed E-state index contributed by atoms with van der Waals surface area (Å²) in [5, 5.41) is 3.49. The van der Waals surface area contributed by atoms with E-state index in [1.807, 2.05) is 0 Å². The average Bonchev–Trinajstić information content (AvgIpc) is 3.36. The van der Waals surface area contributed by atoms with Gasteiger partial charge in [-0.2, -0.15) is 13.2 Å². The van der Waals surface area contributed by atoms with Gasteiger partial charge in [-0.05, 0) is 55.2 Å². The number of rotatable bonds is 10. The highest BCUT2D eigenvalue weighted by Crippen LogP contribution is 2.32. The fraction of sp³-hybridized carbons (Fsp3) is 0.462. The van der Waals surface area contributed by atoms with Crippen molar-refractivity contribution < 1.29 is 31.2 Å². The lowest BCUT2D eigenvalue weighted by atomic mass is 10.1. The zero-order chi connectivity index (χ0) is 29.0. The highest BCUT2D eigenvalue weighted by molar-refractivity contribution is 7.92. The topological polar surface area (TPSA) is 86.8 Å². The molecule has 1 aliphatic rings. The van der Waals surface area contributed by atoms with Crippen LogP contribution in [0, 0.1) is 0 Å². The Bertz CT molecular complexity index is 1300. The minimum Gasteiger partial charge on any atom is -0.352 e. The van der Waals surface area contributed by atoms with E-state index < -0.39 is 40.3 Å². The summed E-state index contributed by atoms with van der Waals surface area (Å²) in [5.41, 5.74) is -0.843. The van der Waals surface area contributed by atoms with E-state index in [9.17, 15) is 31.2 Å². The predicted octanol–water partition coefficient (Wildman–Crippen LogP) is 5.64. The number of nitrogens with zero attached hydrogens (tertiary/aromatic N) is 2. The van der Waals surface area contributed by atoms with E-state index in [0.717, 1.165) is 44.1 Å². The minimum absolute atomic E-state index is 0.0221. The van der Waals surface area contributed by atoms with Gasteiger partial charge in [0.05, 0.1) is 27.6 Å². The molecule has 7 nitrogen and oxygen atoms in total. The second kappa shape index (κ2) is 12.8. The van der Waals surface area contributed by atoms with Gasteiger partial charge in [0.1, 0.15) is 12.6 Å². The molecule has 39 heavy (non-hydrogen) atoms. The summed E-state index contributed by atoms with van der Waals surface area (Å²) < 4.78 is 65.9. The normalized spacial score (nSPS) is 15.2. The molecule has 1 N–H and O–H groups in total. The molecule has 2 aromatic rings. The number of hydrogen-bond acceptors (Lipinski definition) is 4. The molecule has 0 radical (unpaired) electrons. The summed E-state index contributed by atoms with van der Waals surface area (Å²) in [4.78, 5) is 28.2. The third-order valence-electron chi connectivity index (χ3n) is 6.57. The largest absolute Gasteiger partial charge is 0.416 e. The highest BCUT2D eigenvalue weighted by atomic mass is 35.5. The van der Waals surface area contributed by atoms with Crippen molar-refractivity contribution in [3.05, 3.63) is 63.6 Å². The van der Waals surface area contributed by atoms with Gasteiger partial charge >= 0.3 is 6.18 Å². The van der Waals surface area contributed by atoms with Crippen LogP contribution in [-0.2, 0) is 32.3 Å². The quantitative estimate of drug-likeness (QED) is 0.378. The molecule has 0 spiro atoms. The van der Waals surface area contributed by atoms with E-state index in [1.54, 1.807) is 13.0 Å². The molecule has 214 valence electrons. The molecule has 0 unspecified atom stereocenters. The predicted molar refractivity (Wildman–Crippen MR) is 145 cm³/mol. The summed E-state index contributed by atoms with van der Waals surface area (Å²) in [6.45, 7) is 0.802. The number of alkyl halides is 3. The van der Waals surface area contributed by atoms with E-state index in [4.69, 9.17) is 23.2 Å². The van der Waals surface area contributed by atoms with Crippen LogP contribution >= 0.6 is 23.2 Å². The molecule has 2 aromatic carbocycles. The van der Waals surface area contributed by atoms with Crippen molar-refractivity contribution in [3.63, 3.8) is 0 Å². The van der Waals surface area contributed by atoms with Gasteiger partial charge < -0.3 is 10.2 Å². The SMILES string of the molecule is CC[C@H](C(=O)NC1CCCC1)N(Cc1ccc(Cl)c(Cl)c1)C(=O)CN(c1cccc(C(F)(F)F)c1)S(C)(=O)=O. The molecule has 1 atom stereocenters. The van der Waals surface area contributed by atoms with Crippen LogP contribution in [0.1, 0.15) is 50.2 Å². The Morgan fingerprint density at radius 2 is 1.74 bits per heavy atom. The van der Waals surface area contributed by atoms with Crippen LogP contribution in [0.5, 0.6) is 0 Å². The van der Waals surface area contributed by atoms with Crippen molar-refractivity contribution in [2.45, 2.75) is 63.8 Å². The molecule has 2 amide bonds. The van der Waals surface area contributed by atoms with Crippen LogP contribution in [0.4, 0.5) is 18.9 Å². The first-order valence-electron chi connectivity index (χ1n) is 12.4. The summed E-state index contributed by atoms with van der Waals surface area (Å²) in [5.74, 6) is -1.15. The summed E-state index contributed by atoms with van der Waals surface area (Å²) in [6.07, 6.45) is -0.0979. The van der Waals surface area contributed by atoms with Gasteiger partial charge in [-0.1, -0.05) is 55.1 Å². The zero-order valence-corrected chi connectivity index (χ0v) is 23.8. The van der Waals surface area contributed by atoms with Gasteiger partial charge in [0, 0.05) is 12.6 Å². The number of amides is 2. The first kappa shape index (κ1) is 31.0. The number of halogens is 5. The maximum absolute atomic E-state index is 13.7. The van der Waals surface area contributed by atoms with E-state index >= 15 is 0 Å². The molecule has 0 aliphatic heterocycles. The van der Waals surface area contributed by atoms with Gasteiger partial charge in [0.15, 0.2) is 0 Å². The molecular weight excluding hydrogens is 578 g/mol. The van der Waals surface area contributed by atoms with Crippen LogP contribution in [0.2, 0.25) is 10.0 Å². The van der Waals surface area contributed by atoms with Crippen molar-refractivity contribution in [2.75, 3.05) is 17.1 Å². The lowest BCUT2D eigenvalue weighted by Crippen LogP contribution is -2.53. The van der Waals surface area contributed by atoms with Crippen LogP contribution in [-0.4, -0.2) is 50.0 Å². The second-order valence-corrected chi connectivity index (χ2v) is 12.2. The zero-order valence-electron chi connectivity index (χ0n) is 21.5. The number of anilines is 1. The van der Waals surface area contributed by atoms with Gasteiger partial charge in [-0.25, -0.2) is 8.42 Å².